The van der Waals surface area contributed by atoms with Gasteiger partial charge in [-0.25, -0.2) is 23.2 Å². The number of fused-ring (bicyclic) bond motifs is 1. The number of nitrogens with one attached hydrogen (secondary N) is 2. The van der Waals surface area contributed by atoms with E-state index in [-0.39, 0.29) is 25.2 Å². The fourth-order valence-corrected chi connectivity index (χ4v) is 2.20. The summed E-state index contributed by atoms with van der Waals surface area (Å²) in [5, 5.41) is 9.65. The molecule has 1 atom stereocenters. The van der Waals surface area contributed by atoms with E-state index in [1.54, 1.807) is 4.68 Å². The number of ether oxygens (including phenoxy) is 1. The number of hydrogen-bond acceptors (Lipinski definition) is 4. The quantitative estimate of drug-likeness (QED) is 0.749. The van der Waals surface area contributed by atoms with Gasteiger partial charge in [-0.1, -0.05) is 0 Å². The third kappa shape index (κ3) is 4.92. The summed E-state index contributed by atoms with van der Waals surface area (Å²) in [7, 11) is 0. The lowest BCUT2D eigenvalue weighted by atomic mass is 10.1. The van der Waals surface area contributed by atoms with Gasteiger partial charge in [0.05, 0.1) is 19.2 Å². The van der Waals surface area contributed by atoms with Crippen LogP contribution in [0.5, 0.6) is 0 Å². The third-order valence-electron chi connectivity index (χ3n) is 3.07. The smallest absolute Gasteiger partial charge is 0.315 e. The molecule has 0 saturated heterocycles. The Hall–Kier alpha value is -1.77. The van der Waals surface area contributed by atoms with Crippen molar-refractivity contribution in [3.63, 3.8) is 0 Å². The summed E-state index contributed by atoms with van der Waals surface area (Å²) >= 11 is 0. The second kappa shape index (κ2) is 7.30. The van der Waals surface area contributed by atoms with Crippen molar-refractivity contribution < 1.29 is 18.3 Å². The zero-order chi connectivity index (χ0) is 15.2. The highest BCUT2D eigenvalue weighted by molar-refractivity contribution is 5.74. The van der Waals surface area contributed by atoms with Crippen molar-refractivity contribution >= 4 is 6.03 Å². The summed E-state index contributed by atoms with van der Waals surface area (Å²) in [6.45, 7) is 2.07. The predicted molar refractivity (Wildman–Crippen MR) is 70.2 cm³/mol. The van der Waals surface area contributed by atoms with Crippen molar-refractivity contribution in [2.45, 2.75) is 38.8 Å². The first-order chi connectivity index (χ1) is 10.0. The minimum Gasteiger partial charge on any atom is -0.374 e. The first-order valence-electron chi connectivity index (χ1n) is 6.85. The lowest BCUT2D eigenvalue weighted by molar-refractivity contribution is 0.0193. The van der Waals surface area contributed by atoms with Gasteiger partial charge in [0.1, 0.15) is 18.3 Å². The van der Waals surface area contributed by atoms with Crippen molar-refractivity contribution in [3.8, 4) is 0 Å². The van der Waals surface area contributed by atoms with E-state index in [0.717, 1.165) is 24.5 Å². The standard InChI is InChI=1S/C12H19F2N5O2/c1-8-16-11-3-2-9(6-19(11)18-8)17-12(20)15-4-5-21-7-10(13)14/h9-10H,2-7H2,1H3,(H2,15,17,20)/t9-/m0/s1. The summed E-state index contributed by atoms with van der Waals surface area (Å²) in [5.74, 6) is 1.66. The molecule has 0 unspecified atom stereocenters. The van der Waals surface area contributed by atoms with Gasteiger partial charge < -0.3 is 15.4 Å². The first-order valence-corrected chi connectivity index (χ1v) is 6.85. The summed E-state index contributed by atoms with van der Waals surface area (Å²) < 4.78 is 30.1. The van der Waals surface area contributed by atoms with E-state index in [0.29, 0.717) is 6.54 Å². The van der Waals surface area contributed by atoms with Crippen LogP contribution in [0.25, 0.3) is 0 Å². The fourth-order valence-electron chi connectivity index (χ4n) is 2.20. The van der Waals surface area contributed by atoms with Crippen LogP contribution in [-0.4, -0.2) is 53.0 Å². The average molecular weight is 303 g/mol. The Labute approximate surface area is 121 Å². The van der Waals surface area contributed by atoms with Gasteiger partial charge in [0.2, 0.25) is 0 Å². The van der Waals surface area contributed by atoms with Crippen molar-refractivity contribution in [3.05, 3.63) is 11.6 Å². The molecular weight excluding hydrogens is 284 g/mol. The number of carbonyl (C=O) groups is 1. The molecule has 0 saturated carbocycles. The Morgan fingerprint density at radius 2 is 2.38 bits per heavy atom. The maximum absolute atomic E-state index is 11.8. The Morgan fingerprint density at radius 1 is 1.57 bits per heavy atom. The Balaban J connectivity index is 1.65. The van der Waals surface area contributed by atoms with Crippen LogP contribution in [-0.2, 0) is 17.7 Å². The molecule has 1 aromatic rings. The van der Waals surface area contributed by atoms with Crippen LogP contribution in [0.4, 0.5) is 13.6 Å². The molecule has 7 nitrogen and oxygen atoms in total. The molecule has 0 aromatic carbocycles. The van der Waals surface area contributed by atoms with Crippen LogP contribution in [0.1, 0.15) is 18.1 Å². The summed E-state index contributed by atoms with van der Waals surface area (Å²) in [6, 6.07) is -0.346. The Bertz CT molecular complexity index is 480. The number of alkyl halides is 2. The Kier molecular flexibility index (Phi) is 5.43. The number of carbonyl (C=O) groups excluding carboxylic acids is 1. The molecule has 118 valence electrons. The van der Waals surface area contributed by atoms with Crippen molar-refractivity contribution in [2.24, 2.45) is 0 Å². The monoisotopic (exact) mass is 303 g/mol. The molecule has 0 spiro atoms. The minimum atomic E-state index is -2.48. The maximum Gasteiger partial charge on any atom is 0.315 e. The van der Waals surface area contributed by atoms with Gasteiger partial charge in [-0.15, -0.1) is 0 Å². The molecule has 2 amide bonds. The van der Waals surface area contributed by atoms with Crippen molar-refractivity contribution in [1.82, 2.24) is 25.4 Å². The summed E-state index contributed by atoms with van der Waals surface area (Å²) in [6.07, 6.45) is -0.919. The fraction of sp³-hybridized carbons (Fsp3) is 0.750. The topological polar surface area (TPSA) is 81.1 Å². The van der Waals surface area contributed by atoms with Crippen molar-refractivity contribution in [1.29, 1.82) is 0 Å². The number of nitrogens with zero attached hydrogens (tertiary/aromatic N) is 3. The molecule has 1 aliphatic rings. The number of halogens is 2. The molecule has 2 N–H and O–H groups in total. The van der Waals surface area contributed by atoms with Crippen LogP contribution in [0, 0.1) is 6.92 Å². The largest absolute Gasteiger partial charge is 0.374 e. The van der Waals surface area contributed by atoms with Crippen LogP contribution < -0.4 is 10.6 Å². The zero-order valence-corrected chi connectivity index (χ0v) is 11.8. The van der Waals surface area contributed by atoms with Crippen LogP contribution in [0.15, 0.2) is 0 Å². The SMILES string of the molecule is Cc1nc2n(n1)C[C@@H](NC(=O)NCCOCC(F)F)CC2. The molecule has 1 aromatic heterocycles. The molecule has 2 rings (SSSR count). The first kappa shape index (κ1) is 15.6. The van der Waals surface area contributed by atoms with Gasteiger partial charge in [-0.3, -0.25) is 0 Å². The second-order valence-electron chi connectivity index (χ2n) is 4.86. The van der Waals surface area contributed by atoms with Gasteiger partial charge >= 0.3 is 6.03 Å². The van der Waals surface area contributed by atoms with Gasteiger partial charge in [0.25, 0.3) is 6.43 Å². The van der Waals surface area contributed by atoms with E-state index < -0.39 is 13.0 Å². The average Bonchev–Trinajstić information content (AvgIpc) is 2.77. The predicted octanol–water partition coefficient (Wildman–Crippen LogP) is 0.482. The third-order valence-corrected chi connectivity index (χ3v) is 3.07. The molecule has 21 heavy (non-hydrogen) atoms. The highest BCUT2D eigenvalue weighted by Crippen LogP contribution is 2.12. The number of aromatic nitrogens is 3. The second-order valence-corrected chi connectivity index (χ2v) is 4.86. The lowest BCUT2D eigenvalue weighted by Gasteiger charge is -2.23. The molecule has 9 heteroatoms. The number of aryl methyl sites for hydroxylation is 2. The van der Waals surface area contributed by atoms with Gasteiger partial charge in [-0.2, -0.15) is 5.10 Å². The highest BCUT2D eigenvalue weighted by atomic mass is 19.3. The normalized spacial score (nSPS) is 17.6. The molecule has 0 bridgehead atoms. The van der Waals surface area contributed by atoms with E-state index in [4.69, 9.17) is 0 Å². The molecule has 2 heterocycles. The number of urea groups is 1. The van der Waals surface area contributed by atoms with E-state index >= 15 is 0 Å². The number of hydrogen-bond donors (Lipinski definition) is 2. The molecule has 1 aliphatic heterocycles. The highest BCUT2D eigenvalue weighted by Gasteiger charge is 2.21. The van der Waals surface area contributed by atoms with E-state index in [1.807, 2.05) is 6.92 Å². The van der Waals surface area contributed by atoms with E-state index in [2.05, 4.69) is 25.5 Å². The van der Waals surface area contributed by atoms with E-state index in [1.165, 1.54) is 0 Å². The summed E-state index contributed by atoms with van der Waals surface area (Å²) in [5.41, 5.74) is 0. The zero-order valence-electron chi connectivity index (χ0n) is 11.8. The lowest BCUT2D eigenvalue weighted by Crippen LogP contribution is -2.46. The van der Waals surface area contributed by atoms with Crippen LogP contribution in [0.2, 0.25) is 0 Å². The number of amides is 2. The number of rotatable bonds is 6. The minimum absolute atomic E-state index is 0.0133. The van der Waals surface area contributed by atoms with Gasteiger partial charge in [-0.05, 0) is 13.3 Å². The maximum atomic E-state index is 11.8. The molecule has 0 radical (unpaired) electrons. The van der Waals surface area contributed by atoms with Gasteiger partial charge in [0.15, 0.2) is 0 Å². The van der Waals surface area contributed by atoms with Crippen molar-refractivity contribution in [2.75, 3.05) is 19.8 Å². The molecule has 0 fully saturated rings. The molecule has 0 aliphatic carbocycles. The summed E-state index contributed by atoms with van der Waals surface area (Å²) in [4.78, 5) is 15.9. The van der Waals surface area contributed by atoms with Crippen LogP contribution in [0.3, 0.4) is 0 Å². The van der Waals surface area contributed by atoms with Crippen LogP contribution >= 0.6 is 0 Å². The van der Waals surface area contributed by atoms with E-state index in [9.17, 15) is 13.6 Å². The Morgan fingerprint density at radius 3 is 3.14 bits per heavy atom. The molecular formula is C12H19F2N5O2. The van der Waals surface area contributed by atoms with Gasteiger partial charge in [0, 0.05) is 13.0 Å².